The number of benzene rings is 3. The summed E-state index contributed by atoms with van der Waals surface area (Å²) < 4.78 is 0. The van der Waals surface area contributed by atoms with Gasteiger partial charge >= 0.3 is 0 Å². The van der Waals surface area contributed by atoms with E-state index >= 15 is 0 Å². The quantitative estimate of drug-likeness (QED) is 0.463. The van der Waals surface area contributed by atoms with Crippen molar-refractivity contribution in [3.8, 4) is 0 Å². The van der Waals surface area contributed by atoms with Gasteiger partial charge in [-0.2, -0.15) is 0 Å². The summed E-state index contributed by atoms with van der Waals surface area (Å²) in [4.78, 5) is 28.1. The summed E-state index contributed by atoms with van der Waals surface area (Å²) in [6.07, 6.45) is 3.73. The summed E-state index contributed by atoms with van der Waals surface area (Å²) in [5.41, 5.74) is 4.79. The third-order valence-electron chi connectivity index (χ3n) is 6.25. The number of amides is 1. The molecule has 3 aromatic rings. The van der Waals surface area contributed by atoms with Crippen molar-refractivity contribution >= 4 is 23.1 Å². The minimum absolute atomic E-state index is 0.0394. The van der Waals surface area contributed by atoms with Crippen LogP contribution in [-0.4, -0.2) is 24.8 Å². The van der Waals surface area contributed by atoms with Crippen molar-refractivity contribution in [2.24, 2.45) is 0 Å². The Kier molecular flexibility index (Phi) is 6.64. The Bertz CT molecular complexity index is 1120. The van der Waals surface area contributed by atoms with Gasteiger partial charge in [0.1, 0.15) is 0 Å². The lowest BCUT2D eigenvalue weighted by atomic mass is 9.86. The Balaban J connectivity index is 1.44. The number of hydrogen-bond donors (Lipinski definition) is 1. The Morgan fingerprint density at radius 1 is 0.758 bits per heavy atom. The van der Waals surface area contributed by atoms with Gasteiger partial charge in [-0.3, -0.25) is 9.59 Å². The van der Waals surface area contributed by atoms with Crippen LogP contribution in [0.5, 0.6) is 0 Å². The van der Waals surface area contributed by atoms with Gasteiger partial charge in [0.05, 0.1) is 0 Å². The van der Waals surface area contributed by atoms with Gasteiger partial charge in [0, 0.05) is 41.2 Å². The average molecular weight is 441 g/mol. The molecule has 0 unspecified atom stereocenters. The second kappa shape index (κ2) is 9.62. The smallest absolute Gasteiger partial charge is 0.255 e. The molecule has 0 atom stereocenters. The van der Waals surface area contributed by atoms with Crippen LogP contribution in [0.3, 0.4) is 0 Å². The molecule has 3 aromatic carbocycles. The lowest BCUT2D eigenvalue weighted by Gasteiger charge is -2.28. The van der Waals surface area contributed by atoms with Crippen LogP contribution in [0.15, 0.2) is 72.8 Å². The first-order valence-electron chi connectivity index (χ1n) is 11.7. The molecule has 33 heavy (non-hydrogen) atoms. The van der Waals surface area contributed by atoms with Crippen LogP contribution >= 0.6 is 0 Å². The number of piperidine rings is 1. The summed E-state index contributed by atoms with van der Waals surface area (Å²) in [5.74, 6) is -0.239. The van der Waals surface area contributed by atoms with E-state index in [0.29, 0.717) is 22.4 Å². The maximum absolute atomic E-state index is 13.0. The zero-order valence-electron chi connectivity index (χ0n) is 19.7. The van der Waals surface area contributed by atoms with Gasteiger partial charge in [-0.25, -0.2) is 0 Å². The fourth-order valence-corrected chi connectivity index (χ4v) is 4.21. The molecule has 0 aliphatic carbocycles. The number of carbonyl (C=O) groups is 2. The van der Waals surface area contributed by atoms with Crippen molar-refractivity contribution in [2.75, 3.05) is 23.3 Å². The van der Waals surface area contributed by atoms with Crippen molar-refractivity contribution in [1.82, 2.24) is 0 Å². The van der Waals surface area contributed by atoms with E-state index in [0.717, 1.165) is 18.8 Å². The number of nitrogens with one attached hydrogen (secondary N) is 1. The zero-order valence-corrected chi connectivity index (χ0v) is 19.7. The maximum atomic E-state index is 13.0. The number of ketones is 1. The molecule has 1 heterocycles. The first-order chi connectivity index (χ1) is 15.8. The SMILES string of the molecule is CC(C)(C)c1ccc(C(=O)c2cccc(NC(=O)c3ccc(N4CCCCC4)cc3)c2)cc1. The lowest BCUT2D eigenvalue weighted by Crippen LogP contribution is -2.29. The highest BCUT2D eigenvalue weighted by atomic mass is 16.1. The summed E-state index contributed by atoms with van der Waals surface area (Å²) in [6.45, 7) is 8.60. The molecule has 4 heteroatoms. The molecule has 1 amide bonds. The lowest BCUT2D eigenvalue weighted by molar-refractivity contribution is 0.102. The van der Waals surface area contributed by atoms with Crippen molar-refractivity contribution < 1.29 is 9.59 Å². The van der Waals surface area contributed by atoms with Crippen LogP contribution < -0.4 is 10.2 Å². The van der Waals surface area contributed by atoms with Gasteiger partial charge in [0.15, 0.2) is 5.78 Å². The van der Waals surface area contributed by atoms with E-state index in [9.17, 15) is 9.59 Å². The van der Waals surface area contributed by atoms with E-state index in [1.165, 1.54) is 24.8 Å². The van der Waals surface area contributed by atoms with E-state index in [-0.39, 0.29) is 17.1 Å². The predicted molar refractivity (Wildman–Crippen MR) is 135 cm³/mol. The third-order valence-corrected chi connectivity index (χ3v) is 6.25. The minimum atomic E-state index is -0.181. The molecule has 0 bridgehead atoms. The summed E-state index contributed by atoms with van der Waals surface area (Å²) in [7, 11) is 0. The van der Waals surface area contributed by atoms with Gasteiger partial charge in [-0.1, -0.05) is 57.2 Å². The molecular formula is C29H32N2O2. The first-order valence-corrected chi connectivity index (χ1v) is 11.7. The van der Waals surface area contributed by atoms with Gasteiger partial charge in [-0.15, -0.1) is 0 Å². The van der Waals surface area contributed by atoms with E-state index in [2.05, 4.69) is 31.0 Å². The van der Waals surface area contributed by atoms with Gasteiger partial charge in [0.25, 0.3) is 5.91 Å². The van der Waals surface area contributed by atoms with Crippen LogP contribution in [0.1, 0.15) is 71.9 Å². The molecule has 1 aliphatic heterocycles. The Morgan fingerprint density at radius 3 is 2.03 bits per heavy atom. The molecule has 170 valence electrons. The van der Waals surface area contributed by atoms with Crippen molar-refractivity contribution in [1.29, 1.82) is 0 Å². The molecule has 0 saturated carbocycles. The normalized spacial score (nSPS) is 14.1. The Morgan fingerprint density at radius 2 is 1.39 bits per heavy atom. The Labute approximate surface area is 196 Å². The minimum Gasteiger partial charge on any atom is -0.372 e. The highest BCUT2D eigenvalue weighted by Crippen LogP contribution is 2.24. The molecule has 1 fully saturated rings. The van der Waals surface area contributed by atoms with Crippen LogP contribution in [0.4, 0.5) is 11.4 Å². The second-order valence-electron chi connectivity index (χ2n) is 9.79. The van der Waals surface area contributed by atoms with E-state index in [1.54, 1.807) is 24.3 Å². The van der Waals surface area contributed by atoms with E-state index < -0.39 is 0 Å². The molecule has 1 N–H and O–H groups in total. The van der Waals surface area contributed by atoms with Crippen LogP contribution in [0, 0.1) is 0 Å². The molecule has 4 rings (SSSR count). The third kappa shape index (κ3) is 5.51. The largest absolute Gasteiger partial charge is 0.372 e. The van der Waals surface area contributed by atoms with Gasteiger partial charge < -0.3 is 10.2 Å². The van der Waals surface area contributed by atoms with E-state index in [1.807, 2.05) is 48.5 Å². The zero-order chi connectivity index (χ0) is 23.4. The van der Waals surface area contributed by atoms with E-state index in [4.69, 9.17) is 0 Å². The number of hydrogen-bond acceptors (Lipinski definition) is 3. The van der Waals surface area contributed by atoms with Crippen LogP contribution in [0.25, 0.3) is 0 Å². The molecule has 1 saturated heterocycles. The van der Waals surface area contributed by atoms with Crippen molar-refractivity contribution in [3.63, 3.8) is 0 Å². The molecule has 0 radical (unpaired) electrons. The predicted octanol–water partition coefficient (Wildman–Crippen LogP) is 6.46. The standard InChI is InChI=1S/C29H32N2O2/c1-29(2,3)24-14-10-21(11-15-24)27(32)23-8-7-9-25(20-23)30-28(33)22-12-16-26(17-13-22)31-18-5-4-6-19-31/h7-17,20H,4-6,18-19H2,1-3H3,(H,30,33). The molecular weight excluding hydrogens is 408 g/mol. The maximum Gasteiger partial charge on any atom is 0.255 e. The number of carbonyl (C=O) groups excluding carboxylic acids is 2. The molecule has 0 spiro atoms. The highest BCUT2D eigenvalue weighted by Gasteiger charge is 2.16. The fourth-order valence-electron chi connectivity index (χ4n) is 4.21. The number of anilines is 2. The van der Waals surface area contributed by atoms with Crippen LogP contribution in [-0.2, 0) is 5.41 Å². The molecule has 0 aromatic heterocycles. The van der Waals surface area contributed by atoms with Gasteiger partial charge in [0.2, 0.25) is 0 Å². The molecule has 1 aliphatic rings. The van der Waals surface area contributed by atoms with Crippen molar-refractivity contribution in [3.05, 3.63) is 95.1 Å². The van der Waals surface area contributed by atoms with Gasteiger partial charge in [-0.05, 0) is 66.6 Å². The summed E-state index contributed by atoms with van der Waals surface area (Å²) in [5, 5.41) is 2.93. The fraction of sp³-hybridized carbons (Fsp3) is 0.310. The second-order valence-corrected chi connectivity index (χ2v) is 9.79. The summed E-state index contributed by atoms with van der Waals surface area (Å²) in [6, 6.07) is 22.6. The topological polar surface area (TPSA) is 49.4 Å². The average Bonchev–Trinajstić information content (AvgIpc) is 2.84. The summed E-state index contributed by atoms with van der Waals surface area (Å²) >= 11 is 0. The van der Waals surface area contributed by atoms with Crippen LogP contribution in [0.2, 0.25) is 0 Å². The van der Waals surface area contributed by atoms with Crippen molar-refractivity contribution in [2.45, 2.75) is 45.4 Å². The monoisotopic (exact) mass is 440 g/mol. The number of rotatable bonds is 5. The molecule has 4 nitrogen and oxygen atoms in total. The number of nitrogens with zero attached hydrogens (tertiary/aromatic N) is 1. The first kappa shape index (κ1) is 22.8. The highest BCUT2D eigenvalue weighted by molar-refractivity contribution is 6.10. The Hall–Kier alpha value is -3.40.